The molecule has 0 bridgehead atoms. The Morgan fingerprint density at radius 1 is 1.26 bits per heavy atom. The molecule has 0 amide bonds. The zero-order valence-electron chi connectivity index (χ0n) is 15.8. The summed E-state index contributed by atoms with van der Waals surface area (Å²) in [5.74, 6) is 1.04. The molecule has 152 valence electrons. The molecule has 2 fully saturated rings. The molecule has 2 N–H and O–H groups in total. The third-order valence-corrected chi connectivity index (χ3v) is 5.07. The predicted octanol–water partition coefficient (Wildman–Crippen LogP) is 1.85. The molecule has 6 nitrogen and oxygen atoms in total. The van der Waals surface area contributed by atoms with Crippen molar-refractivity contribution in [3.63, 3.8) is 0 Å². The van der Waals surface area contributed by atoms with Crippen LogP contribution in [-0.2, 0) is 16.0 Å². The van der Waals surface area contributed by atoms with Gasteiger partial charge in [-0.25, -0.2) is 4.39 Å². The molecule has 0 saturated carbocycles. The zero-order valence-corrected chi connectivity index (χ0v) is 18.2. The second-order valence-electron chi connectivity index (χ2n) is 6.78. The molecule has 0 aromatic heterocycles. The maximum absolute atomic E-state index is 13.3. The van der Waals surface area contributed by atoms with Crippen LogP contribution in [0.3, 0.4) is 0 Å². The normalized spacial score (nSPS) is 22.1. The highest BCUT2D eigenvalue weighted by Gasteiger charge is 2.31. The van der Waals surface area contributed by atoms with E-state index in [0.29, 0.717) is 18.5 Å². The lowest BCUT2D eigenvalue weighted by Gasteiger charge is -2.37. The fourth-order valence-electron chi connectivity index (χ4n) is 3.61. The van der Waals surface area contributed by atoms with E-state index in [2.05, 4.69) is 20.5 Å². The predicted molar refractivity (Wildman–Crippen MR) is 115 cm³/mol. The van der Waals surface area contributed by atoms with Crippen molar-refractivity contribution in [3.05, 3.63) is 35.6 Å². The summed E-state index contributed by atoms with van der Waals surface area (Å²) in [7, 11) is 1.75. The Morgan fingerprint density at radius 3 is 2.74 bits per heavy atom. The highest BCUT2D eigenvalue weighted by molar-refractivity contribution is 14.0. The largest absolute Gasteiger partial charge is 0.381 e. The summed E-state index contributed by atoms with van der Waals surface area (Å²) < 4.78 is 24.4. The average Bonchev–Trinajstić information content (AvgIpc) is 3.20. The first kappa shape index (κ1) is 22.3. The third-order valence-electron chi connectivity index (χ3n) is 5.07. The van der Waals surface area contributed by atoms with Crippen LogP contribution in [-0.4, -0.2) is 70.0 Å². The minimum absolute atomic E-state index is 0. The number of nitrogens with zero attached hydrogens (tertiary/aromatic N) is 2. The standard InChI is InChI=1S/C19H29FN4O2.HI/c1-21-19(22-12-15-3-2-4-17(20)11-15)23-13-18(16-5-8-26-14-16)24-6-9-25-10-7-24;/h2-4,11,16,18H,5-10,12-14H2,1H3,(H2,21,22,23);1H. The van der Waals surface area contributed by atoms with Crippen LogP contribution in [0.2, 0.25) is 0 Å². The van der Waals surface area contributed by atoms with Gasteiger partial charge in [0.2, 0.25) is 0 Å². The van der Waals surface area contributed by atoms with Crippen molar-refractivity contribution in [2.45, 2.75) is 19.0 Å². The number of hydrogen-bond acceptors (Lipinski definition) is 4. The first-order valence-electron chi connectivity index (χ1n) is 9.35. The topological polar surface area (TPSA) is 58.1 Å². The van der Waals surface area contributed by atoms with Gasteiger partial charge in [0, 0.05) is 51.8 Å². The van der Waals surface area contributed by atoms with Crippen LogP contribution in [0, 0.1) is 11.7 Å². The molecule has 8 heteroatoms. The lowest BCUT2D eigenvalue weighted by molar-refractivity contribution is 0.00246. The van der Waals surface area contributed by atoms with Gasteiger partial charge < -0.3 is 20.1 Å². The number of guanidine groups is 1. The molecule has 2 heterocycles. The lowest BCUT2D eigenvalue weighted by Crippen LogP contribution is -2.53. The summed E-state index contributed by atoms with van der Waals surface area (Å²) in [6.07, 6.45) is 1.10. The Labute approximate surface area is 177 Å². The number of morpholine rings is 1. The van der Waals surface area contributed by atoms with E-state index >= 15 is 0 Å². The molecule has 0 aliphatic carbocycles. The Kier molecular flexibility index (Phi) is 9.74. The number of ether oxygens (including phenoxy) is 2. The minimum atomic E-state index is -0.221. The van der Waals surface area contributed by atoms with E-state index in [4.69, 9.17) is 9.47 Å². The lowest BCUT2D eigenvalue weighted by atomic mass is 9.97. The number of nitrogens with one attached hydrogen (secondary N) is 2. The van der Waals surface area contributed by atoms with Gasteiger partial charge in [-0.15, -0.1) is 24.0 Å². The van der Waals surface area contributed by atoms with Gasteiger partial charge in [0.1, 0.15) is 5.82 Å². The Morgan fingerprint density at radius 2 is 2.07 bits per heavy atom. The average molecular weight is 492 g/mol. The Balaban J connectivity index is 0.00000261. The van der Waals surface area contributed by atoms with Crippen LogP contribution >= 0.6 is 24.0 Å². The van der Waals surface area contributed by atoms with Crippen molar-refractivity contribution < 1.29 is 13.9 Å². The smallest absolute Gasteiger partial charge is 0.191 e. The fourth-order valence-corrected chi connectivity index (χ4v) is 3.61. The van der Waals surface area contributed by atoms with Crippen molar-refractivity contribution in [1.29, 1.82) is 0 Å². The number of hydrogen-bond donors (Lipinski definition) is 2. The van der Waals surface area contributed by atoms with Crippen LogP contribution in [0.1, 0.15) is 12.0 Å². The van der Waals surface area contributed by atoms with Gasteiger partial charge in [-0.3, -0.25) is 9.89 Å². The van der Waals surface area contributed by atoms with E-state index in [9.17, 15) is 4.39 Å². The van der Waals surface area contributed by atoms with Gasteiger partial charge in [0.15, 0.2) is 5.96 Å². The second-order valence-corrected chi connectivity index (χ2v) is 6.78. The molecule has 1 aromatic rings. The Hall–Kier alpha value is -0.970. The van der Waals surface area contributed by atoms with Crippen molar-refractivity contribution in [2.24, 2.45) is 10.9 Å². The van der Waals surface area contributed by atoms with Gasteiger partial charge in [-0.05, 0) is 24.1 Å². The van der Waals surface area contributed by atoms with Crippen LogP contribution in [0.25, 0.3) is 0 Å². The van der Waals surface area contributed by atoms with Gasteiger partial charge in [0.05, 0.1) is 19.8 Å². The molecule has 0 radical (unpaired) electrons. The zero-order chi connectivity index (χ0) is 18.2. The molecule has 2 aliphatic heterocycles. The van der Waals surface area contributed by atoms with E-state index < -0.39 is 0 Å². The van der Waals surface area contributed by atoms with E-state index in [1.54, 1.807) is 13.1 Å². The van der Waals surface area contributed by atoms with Crippen molar-refractivity contribution in [1.82, 2.24) is 15.5 Å². The summed E-state index contributed by atoms with van der Waals surface area (Å²) >= 11 is 0. The van der Waals surface area contributed by atoms with Gasteiger partial charge in [-0.1, -0.05) is 12.1 Å². The summed E-state index contributed by atoms with van der Waals surface area (Å²) in [5.41, 5.74) is 0.891. The summed E-state index contributed by atoms with van der Waals surface area (Å²) in [6, 6.07) is 7.00. The van der Waals surface area contributed by atoms with Gasteiger partial charge in [0.25, 0.3) is 0 Å². The maximum Gasteiger partial charge on any atom is 0.191 e. The van der Waals surface area contributed by atoms with Gasteiger partial charge in [-0.2, -0.15) is 0 Å². The summed E-state index contributed by atoms with van der Waals surface area (Å²) in [6.45, 7) is 6.49. The maximum atomic E-state index is 13.3. The number of rotatable bonds is 6. The molecule has 0 spiro atoms. The molecule has 2 unspecified atom stereocenters. The molecule has 1 aromatic carbocycles. The van der Waals surface area contributed by atoms with Crippen LogP contribution in [0.4, 0.5) is 4.39 Å². The molecule has 27 heavy (non-hydrogen) atoms. The molecular formula is C19H30FIN4O2. The van der Waals surface area contributed by atoms with E-state index in [0.717, 1.165) is 64.0 Å². The first-order valence-corrected chi connectivity index (χ1v) is 9.35. The highest BCUT2D eigenvalue weighted by atomic mass is 127. The minimum Gasteiger partial charge on any atom is -0.381 e. The first-order chi connectivity index (χ1) is 12.8. The molecule has 3 rings (SSSR count). The van der Waals surface area contributed by atoms with Crippen LogP contribution in [0.15, 0.2) is 29.3 Å². The number of aliphatic imine (C=N–C) groups is 1. The monoisotopic (exact) mass is 492 g/mol. The fraction of sp³-hybridized carbons (Fsp3) is 0.632. The number of benzene rings is 1. The van der Waals surface area contributed by atoms with Crippen LogP contribution < -0.4 is 10.6 Å². The van der Waals surface area contributed by atoms with Crippen molar-refractivity contribution >= 4 is 29.9 Å². The number of halogens is 2. The van der Waals surface area contributed by atoms with E-state index in [1.165, 1.54) is 12.1 Å². The SMILES string of the molecule is CN=C(NCc1cccc(F)c1)NCC(C1CCOC1)N1CCOCC1.I. The molecule has 2 atom stereocenters. The van der Waals surface area contributed by atoms with E-state index in [1.807, 2.05) is 6.07 Å². The van der Waals surface area contributed by atoms with E-state index in [-0.39, 0.29) is 29.8 Å². The quantitative estimate of drug-likeness (QED) is 0.361. The Bertz CT molecular complexity index is 593. The summed E-state index contributed by atoms with van der Waals surface area (Å²) in [4.78, 5) is 6.79. The second kappa shape index (κ2) is 11.8. The molecular weight excluding hydrogens is 462 g/mol. The van der Waals surface area contributed by atoms with Crippen molar-refractivity contribution in [2.75, 3.05) is 53.1 Å². The van der Waals surface area contributed by atoms with Gasteiger partial charge >= 0.3 is 0 Å². The van der Waals surface area contributed by atoms with Crippen LogP contribution in [0.5, 0.6) is 0 Å². The summed E-state index contributed by atoms with van der Waals surface area (Å²) in [5, 5.41) is 6.70. The molecule has 2 aliphatic rings. The molecule has 2 saturated heterocycles. The highest BCUT2D eigenvalue weighted by Crippen LogP contribution is 2.21. The van der Waals surface area contributed by atoms with Crippen molar-refractivity contribution in [3.8, 4) is 0 Å². The third kappa shape index (κ3) is 6.85.